The summed E-state index contributed by atoms with van der Waals surface area (Å²) in [5.41, 5.74) is 2.84. The number of fused-ring (bicyclic) bond motifs is 1. The number of aryl methyl sites for hydroxylation is 1. The Balaban J connectivity index is 1.57. The van der Waals surface area contributed by atoms with Gasteiger partial charge in [-0.15, -0.1) is 0 Å². The predicted molar refractivity (Wildman–Crippen MR) is 103 cm³/mol. The number of carboxylic acid groups (broad SMARTS) is 1. The molecule has 1 aromatic heterocycles. The van der Waals surface area contributed by atoms with E-state index in [-0.39, 0.29) is 24.7 Å². The molecule has 1 aliphatic carbocycles. The average molecular weight is 390 g/mol. The number of hydrogen-bond donors (Lipinski definition) is 3. The molecule has 0 radical (unpaired) electrons. The fraction of sp³-hybridized carbons (Fsp3) is 0.700. The maximum Gasteiger partial charge on any atom is 0.303 e. The van der Waals surface area contributed by atoms with E-state index >= 15 is 0 Å². The van der Waals surface area contributed by atoms with Crippen molar-refractivity contribution in [1.82, 2.24) is 20.4 Å². The second-order valence-corrected chi connectivity index (χ2v) is 8.16. The SMILES string of the molecule is CN(Cc1n[nH]c2c1CCCCC2)C(=O)CCC1(CCC(=O)O)CCC(=O)N1. The molecule has 3 rings (SSSR count). The van der Waals surface area contributed by atoms with E-state index in [4.69, 9.17) is 5.11 Å². The number of rotatable bonds is 8. The highest BCUT2D eigenvalue weighted by Crippen LogP contribution is 2.30. The van der Waals surface area contributed by atoms with Gasteiger partial charge in [0.1, 0.15) is 0 Å². The topological polar surface area (TPSA) is 115 Å². The Kier molecular flexibility index (Phi) is 6.36. The van der Waals surface area contributed by atoms with Crippen LogP contribution in [0.2, 0.25) is 0 Å². The van der Waals surface area contributed by atoms with Gasteiger partial charge in [-0.05, 0) is 50.5 Å². The van der Waals surface area contributed by atoms with Gasteiger partial charge in [-0.1, -0.05) is 6.42 Å². The lowest BCUT2D eigenvalue weighted by Gasteiger charge is -2.29. The first-order chi connectivity index (χ1) is 13.4. The smallest absolute Gasteiger partial charge is 0.303 e. The molecule has 2 aliphatic rings. The Morgan fingerprint density at radius 2 is 1.89 bits per heavy atom. The fourth-order valence-electron chi connectivity index (χ4n) is 4.33. The number of aliphatic carboxylic acids is 1. The number of carbonyl (C=O) groups excluding carboxylic acids is 2. The molecule has 28 heavy (non-hydrogen) atoms. The van der Waals surface area contributed by atoms with Crippen molar-refractivity contribution in [2.45, 2.75) is 82.7 Å². The van der Waals surface area contributed by atoms with Gasteiger partial charge in [0.25, 0.3) is 0 Å². The zero-order valence-corrected chi connectivity index (χ0v) is 16.6. The molecule has 2 heterocycles. The predicted octanol–water partition coefficient (Wildman–Crippen LogP) is 1.93. The quantitative estimate of drug-likeness (QED) is 0.587. The summed E-state index contributed by atoms with van der Waals surface area (Å²) in [6, 6.07) is 0. The molecule has 0 aromatic carbocycles. The molecule has 0 saturated carbocycles. The number of carboxylic acids is 1. The second-order valence-electron chi connectivity index (χ2n) is 8.16. The van der Waals surface area contributed by atoms with Gasteiger partial charge in [-0.3, -0.25) is 19.5 Å². The Morgan fingerprint density at radius 1 is 1.14 bits per heavy atom. The van der Waals surface area contributed by atoms with Gasteiger partial charge in [0, 0.05) is 37.5 Å². The van der Waals surface area contributed by atoms with Crippen LogP contribution in [-0.2, 0) is 33.8 Å². The zero-order valence-electron chi connectivity index (χ0n) is 16.6. The minimum Gasteiger partial charge on any atom is -0.481 e. The van der Waals surface area contributed by atoms with Crippen molar-refractivity contribution in [2.24, 2.45) is 0 Å². The van der Waals surface area contributed by atoms with Crippen LogP contribution in [0.15, 0.2) is 0 Å². The number of carbonyl (C=O) groups is 3. The Bertz CT molecular complexity index is 745. The molecule has 1 aliphatic heterocycles. The number of aromatic amines is 1. The van der Waals surface area contributed by atoms with Gasteiger partial charge in [0.05, 0.1) is 12.2 Å². The maximum absolute atomic E-state index is 12.7. The highest BCUT2D eigenvalue weighted by molar-refractivity contribution is 5.80. The monoisotopic (exact) mass is 390 g/mol. The largest absolute Gasteiger partial charge is 0.481 e. The first-order valence-corrected chi connectivity index (χ1v) is 10.2. The number of hydrogen-bond acceptors (Lipinski definition) is 4. The molecule has 1 unspecified atom stereocenters. The van der Waals surface area contributed by atoms with Crippen molar-refractivity contribution in [3.05, 3.63) is 17.0 Å². The third-order valence-corrected chi connectivity index (χ3v) is 6.07. The first-order valence-electron chi connectivity index (χ1n) is 10.2. The van der Waals surface area contributed by atoms with Gasteiger partial charge in [0.2, 0.25) is 11.8 Å². The molecule has 1 aromatic rings. The van der Waals surface area contributed by atoms with Crippen molar-refractivity contribution < 1.29 is 19.5 Å². The molecule has 3 N–H and O–H groups in total. The molecule has 1 fully saturated rings. The highest BCUT2D eigenvalue weighted by atomic mass is 16.4. The number of H-pyrrole nitrogens is 1. The summed E-state index contributed by atoms with van der Waals surface area (Å²) >= 11 is 0. The van der Waals surface area contributed by atoms with Gasteiger partial charge >= 0.3 is 5.97 Å². The molecule has 1 saturated heterocycles. The van der Waals surface area contributed by atoms with Gasteiger partial charge < -0.3 is 15.3 Å². The number of nitrogens with one attached hydrogen (secondary N) is 2. The van der Waals surface area contributed by atoms with E-state index < -0.39 is 11.5 Å². The van der Waals surface area contributed by atoms with Crippen LogP contribution in [0.25, 0.3) is 0 Å². The number of nitrogens with zero attached hydrogens (tertiary/aromatic N) is 2. The van der Waals surface area contributed by atoms with Crippen molar-refractivity contribution >= 4 is 17.8 Å². The molecular formula is C20H30N4O4. The van der Waals surface area contributed by atoms with Crippen LogP contribution < -0.4 is 5.32 Å². The summed E-state index contributed by atoms with van der Waals surface area (Å²) in [4.78, 5) is 37.0. The lowest BCUT2D eigenvalue weighted by atomic mass is 9.86. The van der Waals surface area contributed by atoms with Crippen LogP contribution in [-0.4, -0.2) is 50.6 Å². The molecule has 154 valence electrons. The van der Waals surface area contributed by atoms with Crippen LogP contribution in [0.3, 0.4) is 0 Å². The van der Waals surface area contributed by atoms with E-state index in [2.05, 4.69) is 15.5 Å². The third-order valence-electron chi connectivity index (χ3n) is 6.07. The van der Waals surface area contributed by atoms with Crippen LogP contribution >= 0.6 is 0 Å². The lowest BCUT2D eigenvalue weighted by Crippen LogP contribution is -2.43. The summed E-state index contributed by atoms with van der Waals surface area (Å²) < 4.78 is 0. The van der Waals surface area contributed by atoms with Gasteiger partial charge in [-0.25, -0.2) is 0 Å². The summed E-state index contributed by atoms with van der Waals surface area (Å²) in [7, 11) is 1.78. The molecule has 2 amide bonds. The molecular weight excluding hydrogens is 360 g/mol. The summed E-state index contributed by atoms with van der Waals surface area (Å²) in [5.74, 6) is -0.963. The molecule has 0 spiro atoms. The van der Waals surface area contributed by atoms with E-state index in [0.717, 1.165) is 25.0 Å². The van der Waals surface area contributed by atoms with Crippen molar-refractivity contribution in [2.75, 3.05) is 7.05 Å². The average Bonchev–Trinajstić information content (AvgIpc) is 3.13. The van der Waals surface area contributed by atoms with Crippen LogP contribution in [0.4, 0.5) is 0 Å². The summed E-state index contributed by atoms with van der Waals surface area (Å²) in [6.45, 7) is 0.471. The Labute approximate surface area is 165 Å². The zero-order chi connectivity index (χ0) is 20.1. The molecule has 0 bridgehead atoms. The van der Waals surface area contributed by atoms with Crippen LogP contribution in [0, 0.1) is 0 Å². The lowest BCUT2D eigenvalue weighted by molar-refractivity contribution is -0.137. The van der Waals surface area contributed by atoms with Crippen LogP contribution in [0.1, 0.15) is 74.7 Å². The summed E-state index contributed by atoms with van der Waals surface area (Å²) in [6.07, 6.45) is 7.65. The highest BCUT2D eigenvalue weighted by Gasteiger charge is 2.38. The van der Waals surface area contributed by atoms with E-state index in [9.17, 15) is 14.4 Å². The maximum atomic E-state index is 12.7. The minimum absolute atomic E-state index is 0.0102. The van der Waals surface area contributed by atoms with E-state index in [0.29, 0.717) is 32.2 Å². The van der Waals surface area contributed by atoms with Gasteiger partial charge in [-0.2, -0.15) is 5.10 Å². The van der Waals surface area contributed by atoms with Gasteiger partial charge in [0.15, 0.2) is 0 Å². The fourth-order valence-corrected chi connectivity index (χ4v) is 4.33. The molecule has 8 nitrogen and oxygen atoms in total. The second kappa shape index (κ2) is 8.75. The molecule has 8 heteroatoms. The van der Waals surface area contributed by atoms with Crippen molar-refractivity contribution in [1.29, 1.82) is 0 Å². The number of amides is 2. The van der Waals surface area contributed by atoms with E-state index in [1.807, 2.05) is 0 Å². The van der Waals surface area contributed by atoms with Crippen molar-refractivity contribution in [3.8, 4) is 0 Å². The minimum atomic E-state index is -0.886. The van der Waals surface area contributed by atoms with Crippen LogP contribution in [0.5, 0.6) is 0 Å². The molecule has 1 atom stereocenters. The normalized spacial score (nSPS) is 21.7. The summed E-state index contributed by atoms with van der Waals surface area (Å²) in [5, 5.41) is 19.5. The Hall–Kier alpha value is -2.38. The van der Waals surface area contributed by atoms with E-state index in [1.54, 1.807) is 11.9 Å². The third kappa shape index (κ3) is 4.91. The first kappa shape index (κ1) is 20.4. The number of aromatic nitrogens is 2. The van der Waals surface area contributed by atoms with E-state index in [1.165, 1.54) is 24.1 Å². The standard InChI is InChI=1S/C20H30N4O4/c1-24(13-16-14-5-3-2-4-6-15(14)22-23-16)18(26)8-11-20(12-9-19(27)28)10-7-17(25)21-20/h2-13H2,1H3,(H,21,25)(H,22,23)(H,27,28). The Morgan fingerprint density at radius 3 is 2.61 bits per heavy atom. The van der Waals surface area contributed by atoms with Crippen molar-refractivity contribution in [3.63, 3.8) is 0 Å².